The van der Waals surface area contributed by atoms with Crippen LogP contribution >= 0.6 is 0 Å². The van der Waals surface area contributed by atoms with Crippen LogP contribution in [0.5, 0.6) is 11.5 Å². The zero-order valence-corrected chi connectivity index (χ0v) is 16.1. The molecule has 1 aromatic heterocycles. The van der Waals surface area contributed by atoms with E-state index >= 15 is 0 Å². The van der Waals surface area contributed by atoms with Crippen LogP contribution in [0.4, 0.5) is 23.0 Å². The Morgan fingerprint density at radius 3 is 2.34 bits per heavy atom. The van der Waals surface area contributed by atoms with Crippen molar-refractivity contribution in [1.29, 1.82) is 0 Å². The van der Waals surface area contributed by atoms with Crippen LogP contribution in [-0.4, -0.2) is 49.4 Å². The Labute approximate surface area is 169 Å². The minimum absolute atomic E-state index is 0.572. The first-order valence-corrected chi connectivity index (χ1v) is 9.89. The fraction of sp³-hybridized carbons (Fsp3) is 0.273. The van der Waals surface area contributed by atoms with Crippen molar-refractivity contribution in [3.63, 3.8) is 0 Å². The van der Waals surface area contributed by atoms with E-state index in [0.717, 1.165) is 55.0 Å². The lowest BCUT2D eigenvalue weighted by Gasteiger charge is -2.36. The number of para-hydroxylation sites is 1. The summed E-state index contributed by atoms with van der Waals surface area (Å²) in [5.74, 6) is 3.24. The molecule has 0 amide bonds. The predicted octanol–water partition coefficient (Wildman–Crippen LogP) is 3.32. The van der Waals surface area contributed by atoms with Crippen LogP contribution in [-0.2, 0) is 0 Å². The number of ether oxygens (including phenoxy) is 2. The van der Waals surface area contributed by atoms with Crippen LogP contribution in [0, 0.1) is 0 Å². The molecule has 148 valence electrons. The van der Waals surface area contributed by atoms with Gasteiger partial charge in [0.05, 0.1) is 0 Å². The Hall–Kier alpha value is -3.48. The van der Waals surface area contributed by atoms with E-state index in [1.807, 2.05) is 24.3 Å². The highest BCUT2D eigenvalue weighted by Gasteiger charge is 2.19. The Balaban J connectivity index is 1.26. The third-order valence-corrected chi connectivity index (χ3v) is 5.19. The fourth-order valence-electron chi connectivity index (χ4n) is 3.69. The molecule has 2 aliphatic rings. The summed E-state index contributed by atoms with van der Waals surface area (Å²) in [5.41, 5.74) is 2.18. The highest BCUT2D eigenvalue weighted by molar-refractivity contribution is 5.63. The quantitative estimate of drug-likeness (QED) is 0.734. The molecule has 0 spiro atoms. The highest BCUT2D eigenvalue weighted by Crippen LogP contribution is 2.33. The van der Waals surface area contributed by atoms with Gasteiger partial charge in [0.25, 0.3) is 0 Å². The number of aromatic nitrogens is 2. The van der Waals surface area contributed by atoms with Gasteiger partial charge in [-0.3, -0.25) is 0 Å². The van der Waals surface area contributed by atoms with Gasteiger partial charge in [-0.15, -0.1) is 0 Å². The van der Waals surface area contributed by atoms with Gasteiger partial charge >= 0.3 is 0 Å². The number of benzene rings is 2. The Morgan fingerprint density at radius 1 is 0.759 bits per heavy atom. The average molecular weight is 389 g/mol. The Morgan fingerprint density at radius 2 is 1.52 bits per heavy atom. The van der Waals surface area contributed by atoms with E-state index in [1.165, 1.54) is 5.69 Å². The molecule has 1 saturated heterocycles. The number of hydrogen-bond acceptors (Lipinski definition) is 7. The van der Waals surface area contributed by atoms with E-state index in [-0.39, 0.29) is 0 Å². The van der Waals surface area contributed by atoms with E-state index in [0.29, 0.717) is 13.2 Å². The van der Waals surface area contributed by atoms with Crippen molar-refractivity contribution in [3.05, 3.63) is 60.9 Å². The second-order valence-corrected chi connectivity index (χ2v) is 7.05. The molecule has 7 heteroatoms. The summed E-state index contributed by atoms with van der Waals surface area (Å²) in [5, 5.41) is 3.34. The van der Waals surface area contributed by atoms with Crippen molar-refractivity contribution in [2.45, 2.75) is 0 Å². The van der Waals surface area contributed by atoms with Crippen LogP contribution < -0.4 is 24.6 Å². The second kappa shape index (κ2) is 7.87. The van der Waals surface area contributed by atoms with Gasteiger partial charge in [0.1, 0.15) is 31.2 Å². The molecule has 1 N–H and O–H groups in total. The van der Waals surface area contributed by atoms with E-state index in [1.54, 1.807) is 6.33 Å². The first-order chi connectivity index (χ1) is 14.3. The molecule has 0 unspecified atom stereocenters. The van der Waals surface area contributed by atoms with Gasteiger partial charge in [-0.05, 0) is 24.3 Å². The van der Waals surface area contributed by atoms with Gasteiger partial charge in [0, 0.05) is 49.7 Å². The second-order valence-electron chi connectivity index (χ2n) is 7.05. The smallest absolute Gasteiger partial charge is 0.163 e. The molecule has 3 aromatic rings. The van der Waals surface area contributed by atoms with Crippen LogP contribution in [0.15, 0.2) is 60.9 Å². The molecule has 0 bridgehead atoms. The molecule has 0 saturated carbocycles. The zero-order chi connectivity index (χ0) is 19.5. The van der Waals surface area contributed by atoms with Gasteiger partial charge in [-0.2, -0.15) is 0 Å². The lowest BCUT2D eigenvalue weighted by Crippen LogP contribution is -2.46. The topological polar surface area (TPSA) is 62.8 Å². The molecule has 3 heterocycles. The molecule has 5 rings (SSSR count). The Bertz CT molecular complexity index is 974. The van der Waals surface area contributed by atoms with Crippen LogP contribution in [0.2, 0.25) is 0 Å². The third-order valence-electron chi connectivity index (χ3n) is 5.19. The maximum absolute atomic E-state index is 5.66. The van der Waals surface area contributed by atoms with Crippen molar-refractivity contribution in [2.75, 3.05) is 54.5 Å². The first-order valence-electron chi connectivity index (χ1n) is 9.89. The number of anilines is 4. The van der Waals surface area contributed by atoms with Gasteiger partial charge in [-0.25, -0.2) is 9.97 Å². The number of nitrogens with one attached hydrogen (secondary N) is 1. The normalized spacial score (nSPS) is 15.9. The predicted molar refractivity (Wildman–Crippen MR) is 114 cm³/mol. The summed E-state index contributed by atoms with van der Waals surface area (Å²) >= 11 is 0. The van der Waals surface area contributed by atoms with E-state index in [4.69, 9.17) is 9.47 Å². The van der Waals surface area contributed by atoms with E-state index < -0.39 is 0 Å². The first kappa shape index (κ1) is 17.6. The SMILES string of the molecule is c1ccc(N2CCN(c3cc(Nc4ccc5c(c4)OCCO5)ncn3)CC2)cc1. The van der Waals surface area contributed by atoms with Gasteiger partial charge in [-0.1, -0.05) is 18.2 Å². The Kier molecular flexibility index (Phi) is 4.78. The monoisotopic (exact) mass is 389 g/mol. The largest absolute Gasteiger partial charge is 0.486 e. The summed E-state index contributed by atoms with van der Waals surface area (Å²) in [6.07, 6.45) is 1.61. The van der Waals surface area contributed by atoms with Crippen molar-refractivity contribution in [2.24, 2.45) is 0 Å². The summed E-state index contributed by atoms with van der Waals surface area (Å²) < 4.78 is 11.2. The molecular weight excluding hydrogens is 366 g/mol. The van der Waals surface area contributed by atoms with Gasteiger partial charge in [0.2, 0.25) is 0 Å². The van der Waals surface area contributed by atoms with Crippen LogP contribution in [0.1, 0.15) is 0 Å². The number of fused-ring (bicyclic) bond motifs is 1. The maximum atomic E-state index is 5.66. The number of nitrogens with zero attached hydrogens (tertiary/aromatic N) is 4. The minimum Gasteiger partial charge on any atom is -0.486 e. The average Bonchev–Trinajstić information content (AvgIpc) is 2.80. The van der Waals surface area contributed by atoms with Crippen molar-refractivity contribution >= 4 is 23.0 Å². The van der Waals surface area contributed by atoms with Crippen LogP contribution in [0.25, 0.3) is 0 Å². The molecule has 0 atom stereocenters. The number of piperazine rings is 1. The van der Waals surface area contributed by atoms with E-state index in [2.05, 4.69) is 55.4 Å². The highest BCUT2D eigenvalue weighted by atomic mass is 16.6. The van der Waals surface area contributed by atoms with Crippen molar-refractivity contribution < 1.29 is 9.47 Å². The summed E-state index contributed by atoms with van der Waals surface area (Å²) in [6.45, 7) is 4.96. The standard InChI is InChI=1S/C22H23N5O2/c1-2-4-18(5-3-1)26-8-10-27(11-9-26)22-15-21(23-16-24-22)25-17-6-7-19-20(14-17)29-13-12-28-19/h1-7,14-16H,8-13H2,(H,23,24,25). The number of hydrogen-bond donors (Lipinski definition) is 1. The molecule has 2 aromatic carbocycles. The molecule has 7 nitrogen and oxygen atoms in total. The van der Waals surface area contributed by atoms with Gasteiger partial charge < -0.3 is 24.6 Å². The third kappa shape index (κ3) is 3.89. The van der Waals surface area contributed by atoms with Crippen molar-refractivity contribution in [3.8, 4) is 11.5 Å². The number of rotatable bonds is 4. The lowest BCUT2D eigenvalue weighted by molar-refractivity contribution is 0.171. The van der Waals surface area contributed by atoms with Crippen molar-refractivity contribution in [1.82, 2.24) is 9.97 Å². The lowest BCUT2D eigenvalue weighted by atomic mass is 10.2. The molecule has 0 radical (unpaired) electrons. The fourth-order valence-corrected chi connectivity index (χ4v) is 3.69. The molecular formula is C22H23N5O2. The zero-order valence-electron chi connectivity index (χ0n) is 16.1. The summed E-state index contributed by atoms with van der Waals surface area (Å²) in [4.78, 5) is 13.6. The molecule has 0 aliphatic carbocycles. The maximum Gasteiger partial charge on any atom is 0.163 e. The van der Waals surface area contributed by atoms with E-state index in [9.17, 15) is 0 Å². The molecule has 2 aliphatic heterocycles. The van der Waals surface area contributed by atoms with Gasteiger partial charge in [0.15, 0.2) is 11.5 Å². The van der Waals surface area contributed by atoms with Crippen LogP contribution in [0.3, 0.4) is 0 Å². The summed E-state index contributed by atoms with van der Waals surface area (Å²) in [6, 6.07) is 18.4. The molecule has 29 heavy (non-hydrogen) atoms. The summed E-state index contributed by atoms with van der Waals surface area (Å²) in [7, 11) is 0. The minimum atomic E-state index is 0.572. The molecule has 1 fully saturated rings.